The van der Waals surface area contributed by atoms with Crippen LogP contribution < -0.4 is 15.3 Å². The molecule has 2 N–H and O–H groups in total. The lowest BCUT2D eigenvalue weighted by atomic mass is 9.90. The van der Waals surface area contributed by atoms with Crippen LogP contribution in [0.15, 0.2) is 112 Å². The quantitative estimate of drug-likeness (QED) is 0.419. The van der Waals surface area contributed by atoms with E-state index >= 15 is 0 Å². The summed E-state index contributed by atoms with van der Waals surface area (Å²) in [7, 11) is 0. The van der Waals surface area contributed by atoms with Gasteiger partial charge in [0.05, 0.1) is 17.4 Å². The molecule has 0 amide bonds. The number of benzene rings is 4. The summed E-state index contributed by atoms with van der Waals surface area (Å²) in [6.45, 7) is 0. The Hall–Kier alpha value is -5.15. The molecule has 3 atom stereocenters. The van der Waals surface area contributed by atoms with Crippen molar-refractivity contribution in [3.63, 3.8) is 0 Å². The van der Waals surface area contributed by atoms with Crippen molar-refractivity contribution in [3.8, 4) is 5.75 Å². The number of fused-ring (bicyclic) bond motifs is 6. The van der Waals surface area contributed by atoms with Crippen LogP contribution in [-0.4, -0.2) is 35.8 Å². The minimum absolute atomic E-state index is 0.170. The molecule has 8 rings (SSSR count). The van der Waals surface area contributed by atoms with Crippen LogP contribution in [0, 0.1) is 0 Å². The summed E-state index contributed by atoms with van der Waals surface area (Å²) in [6.07, 6.45) is 0.699. The predicted octanol–water partition coefficient (Wildman–Crippen LogP) is 4.48. The zero-order valence-corrected chi connectivity index (χ0v) is 20.5. The molecule has 0 radical (unpaired) electrons. The van der Waals surface area contributed by atoms with Gasteiger partial charge in [0.2, 0.25) is 11.8 Å². The predicted molar refractivity (Wildman–Crippen MR) is 148 cm³/mol. The number of hydrazone groups is 2. The fourth-order valence-corrected chi connectivity index (χ4v) is 5.42. The molecule has 4 aromatic rings. The number of phenols is 1. The van der Waals surface area contributed by atoms with E-state index in [9.17, 15) is 5.11 Å². The van der Waals surface area contributed by atoms with Crippen molar-refractivity contribution in [2.45, 2.75) is 18.7 Å². The monoisotopic (exact) mass is 514 g/mol. The van der Waals surface area contributed by atoms with E-state index in [2.05, 4.69) is 10.3 Å². The van der Waals surface area contributed by atoms with Gasteiger partial charge in [-0.2, -0.15) is 0 Å². The number of aliphatic imine (C=N–C) groups is 1. The second-order valence-electron chi connectivity index (χ2n) is 9.51. The van der Waals surface area contributed by atoms with Gasteiger partial charge in [-0.05, 0) is 48.0 Å². The molecule has 0 spiro atoms. The van der Waals surface area contributed by atoms with E-state index in [1.54, 1.807) is 16.1 Å². The summed E-state index contributed by atoms with van der Waals surface area (Å²) >= 11 is 0. The number of anilines is 2. The van der Waals surface area contributed by atoms with Crippen molar-refractivity contribution >= 4 is 29.4 Å². The Morgan fingerprint density at radius 2 is 1.36 bits per heavy atom. The third kappa shape index (κ3) is 3.40. The molecule has 3 unspecified atom stereocenters. The minimum atomic E-state index is -0.571. The molecule has 39 heavy (non-hydrogen) atoms. The van der Waals surface area contributed by atoms with Gasteiger partial charge in [0.25, 0.3) is 12.7 Å². The van der Waals surface area contributed by atoms with E-state index in [1.807, 2.05) is 97.2 Å². The smallest absolute Gasteiger partial charge is 0.291 e. The molecule has 0 aliphatic carbocycles. The Balaban J connectivity index is 1.20. The van der Waals surface area contributed by atoms with Gasteiger partial charge in [0.1, 0.15) is 5.75 Å². The fourth-order valence-electron chi connectivity index (χ4n) is 5.42. The topological polar surface area (TPSA) is 94.3 Å². The molecule has 4 aliphatic heterocycles. The van der Waals surface area contributed by atoms with Crippen molar-refractivity contribution in [3.05, 3.63) is 125 Å². The van der Waals surface area contributed by atoms with Crippen LogP contribution in [0.4, 0.5) is 11.4 Å². The van der Waals surface area contributed by atoms with E-state index in [-0.39, 0.29) is 5.75 Å². The SMILES string of the molecule is Oc1cccc2c1C(c1cccc3c1C=NC1OC(c4ccccc4)=NN31)NC1OC(c3ccccc3)=NN21. The lowest BCUT2D eigenvalue weighted by Crippen LogP contribution is -2.48. The second kappa shape index (κ2) is 8.44. The van der Waals surface area contributed by atoms with Gasteiger partial charge in [-0.25, -0.2) is 15.0 Å². The van der Waals surface area contributed by atoms with E-state index in [4.69, 9.17) is 19.7 Å². The molecule has 4 aliphatic rings. The summed E-state index contributed by atoms with van der Waals surface area (Å²) in [5, 5.41) is 27.7. The average molecular weight is 515 g/mol. The van der Waals surface area contributed by atoms with Crippen LogP contribution in [0.5, 0.6) is 5.75 Å². The second-order valence-corrected chi connectivity index (χ2v) is 9.51. The summed E-state index contributed by atoms with van der Waals surface area (Å²) in [5.74, 6) is 1.21. The van der Waals surface area contributed by atoms with Crippen LogP contribution >= 0.6 is 0 Å². The number of aromatic hydroxyl groups is 1. The standard InChI is InChI=1S/C30H22N6O3/c37-24-16-8-15-23-25(24)26(32-30-36(23)34-28(39-30)19-11-5-2-6-12-19)20-13-7-14-22-21(20)17-31-29-35(22)33-27(38-29)18-9-3-1-4-10-18/h1-17,26,29-30,32,37H. The summed E-state index contributed by atoms with van der Waals surface area (Å²) < 4.78 is 12.3. The first-order chi connectivity index (χ1) is 19.2. The first-order valence-corrected chi connectivity index (χ1v) is 12.7. The third-order valence-corrected chi connectivity index (χ3v) is 7.22. The Labute approximate surface area is 223 Å². The number of phenolic OH excluding ortho intramolecular Hbond substituents is 1. The van der Waals surface area contributed by atoms with Crippen LogP contribution in [0.25, 0.3) is 0 Å². The van der Waals surface area contributed by atoms with Gasteiger partial charge in [0.15, 0.2) is 0 Å². The van der Waals surface area contributed by atoms with Gasteiger partial charge in [-0.3, -0.25) is 5.32 Å². The number of nitrogens with one attached hydrogen (secondary N) is 1. The van der Waals surface area contributed by atoms with Crippen molar-refractivity contribution < 1.29 is 14.6 Å². The third-order valence-electron chi connectivity index (χ3n) is 7.22. The summed E-state index contributed by atoms with van der Waals surface area (Å²) in [5.41, 5.74) is 5.93. The summed E-state index contributed by atoms with van der Waals surface area (Å²) in [4.78, 5) is 4.67. The number of rotatable bonds is 3. The number of hydrogen-bond acceptors (Lipinski definition) is 9. The lowest BCUT2D eigenvalue weighted by Gasteiger charge is -2.37. The fraction of sp³-hybridized carbons (Fsp3) is 0.100. The maximum absolute atomic E-state index is 11.1. The highest BCUT2D eigenvalue weighted by molar-refractivity contribution is 5.99. The van der Waals surface area contributed by atoms with Gasteiger partial charge in [0, 0.05) is 28.5 Å². The molecule has 9 nitrogen and oxygen atoms in total. The molecule has 0 fully saturated rings. The zero-order valence-electron chi connectivity index (χ0n) is 20.5. The Bertz CT molecular complexity index is 1690. The lowest BCUT2D eigenvalue weighted by molar-refractivity contribution is 0.154. The van der Waals surface area contributed by atoms with Crippen LogP contribution in [0.3, 0.4) is 0 Å². The molecule has 9 heteroatoms. The average Bonchev–Trinajstić information content (AvgIpc) is 3.63. The first-order valence-electron chi connectivity index (χ1n) is 12.7. The van der Waals surface area contributed by atoms with Crippen LogP contribution in [-0.2, 0) is 9.47 Å². The van der Waals surface area contributed by atoms with E-state index in [1.165, 1.54) is 0 Å². The van der Waals surface area contributed by atoms with Crippen molar-refractivity contribution in [2.75, 3.05) is 10.0 Å². The first kappa shape index (κ1) is 21.9. The number of nitrogens with zero attached hydrogens (tertiary/aromatic N) is 5. The van der Waals surface area contributed by atoms with Crippen molar-refractivity contribution in [2.24, 2.45) is 15.2 Å². The minimum Gasteiger partial charge on any atom is -0.508 e. The van der Waals surface area contributed by atoms with Crippen molar-refractivity contribution in [1.29, 1.82) is 0 Å². The van der Waals surface area contributed by atoms with E-state index in [0.717, 1.165) is 33.6 Å². The largest absolute Gasteiger partial charge is 0.508 e. The van der Waals surface area contributed by atoms with Crippen molar-refractivity contribution in [1.82, 2.24) is 5.32 Å². The molecule has 190 valence electrons. The maximum atomic E-state index is 11.1. The molecule has 0 saturated carbocycles. The highest BCUT2D eigenvalue weighted by Gasteiger charge is 2.42. The molecule has 0 aromatic heterocycles. The number of hydrogen-bond donors (Lipinski definition) is 2. The van der Waals surface area contributed by atoms with E-state index < -0.39 is 18.7 Å². The normalized spacial score (nSPS) is 22.1. The number of ether oxygens (including phenoxy) is 2. The van der Waals surface area contributed by atoms with Gasteiger partial charge >= 0.3 is 0 Å². The summed E-state index contributed by atoms with van der Waals surface area (Å²) in [6, 6.07) is 30.6. The highest BCUT2D eigenvalue weighted by Crippen LogP contribution is 2.45. The maximum Gasteiger partial charge on any atom is 0.291 e. The molecule has 0 saturated heterocycles. The molecule has 0 bridgehead atoms. The van der Waals surface area contributed by atoms with Crippen LogP contribution in [0.1, 0.15) is 33.9 Å². The van der Waals surface area contributed by atoms with Gasteiger partial charge in [-0.1, -0.05) is 54.6 Å². The highest BCUT2D eigenvalue weighted by atomic mass is 16.6. The van der Waals surface area contributed by atoms with Crippen LogP contribution in [0.2, 0.25) is 0 Å². The Morgan fingerprint density at radius 1 is 0.692 bits per heavy atom. The van der Waals surface area contributed by atoms with Gasteiger partial charge in [-0.15, -0.1) is 10.2 Å². The molecule has 4 heterocycles. The van der Waals surface area contributed by atoms with Gasteiger partial charge < -0.3 is 14.6 Å². The molecular formula is C30H22N6O3. The molecular weight excluding hydrogens is 492 g/mol. The Kier molecular flexibility index (Phi) is 4.74. The zero-order chi connectivity index (χ0) is 25.9. The Morgan fingerprint density at radius 3 is 2.13 bits per heavy atom. The molecule has 4 aromatic carbocycles. The van der Waals surface area contributed by atoms with E-state index in [0.29, 0.717) is 17.4 Å².